The van der Waals surface area contributed by atoms with E-state index in [1.54, 1.807) is 30.7 Å². The molecule has 22 heavy (non-hydrogen) atoms. The molecule has 0 bridgehead atoms. The van der Waals surface area contributed by atoms with Crippen molar-refractivity contribution in [3.05, 3.63) is 84.2 Å². The van der Waals surface area contributed by atoms with Crippen LogP contribution in [0.4, 0.5) is 10.1 Å². The van der Waals surface area contributed by atoms with E-state index in [0.717, 1.165) is 5.56 Å². The smallest absolute Gasteiger partial charge is 0.258 e. The van der Waals surface area contributed by atoms with Gasteiger partial charge in [-0.1, -0.05) is 24.3 Å². The summed E-state index contributed by atoms with van der Waals surface area (Å²) in [6.07, 6.45) is 5.30. The minimum Gasteiger partial charge on any atom is -0.333 e. The highest BCUT2D eigenvalue weighted by Gasteiger charge is 2.11. The first-order valence-corrected chi connectivity index (χ1v) is 6.83. The fourth-order valence-electron chi connectivity index (χ4n) is 2.18. The molecule has 0 aliphatic rings. The SMILES string of the molecule is O=C(Nc1cccc(Cn2ccnc2)c1)c1ccccc1F. The first kappa shape index (κ1) is 14.0. The molecule has 1 N–H and O–H groups in total. The Kier molecular flexibility index (Phi) is 3.96. The molecule has 2 aromatic carbocycles. The Balaban J connectivity index is 1.75. The average Bonchev–Trinajstić information content (AvgIpc) is 3.01. The van der Waals surface area contributed by atoms with E-state index in [0.29, 0.717) is 12.2 Å². The Labute approximate surface area is 127 Å². The molecule has 0 atom stereocenters. The van der Waals surface area contributed by atoms with Crippen molar-refractivity contribution in [3.63, 3.8) is 0 Å². The number of aromatic nitrogens is 2. The van der Waals surface area contributed by atoms with E-state index in [4.69, 9.17) is 0 Å². The molecule has 5 heteroatoms. The van der Waals surface area contributed by atoms with Crippen LogP contribution in [0.25, 0.3) is 0 Å². The van der Waals surface area contributed by atoms with Gasteiger partial charge in [-0.05, 0) is 29.8 Å². The zero-order valence-corrected chi connectivity index (χ0v) is 11.7. The molecule has 0 aliphatic heterocycles. The van der Waals surface area contributed by atoms with Crippen molar-refractivity contribution < 1.29 is 9.18 Å². The van der Waals surface area contributed by atoms with Crippen molar-refractivity contribution in [2.24, 2.45) is 0 Å². The Bertz CT molecular complexity index is 784. The second-order valence-corrected chi connectivity index (χ2v) is 4.87. The van der Waals surface area contributed by atoms with Gasteiger partial charge in [0, 0.05) is 24.6 Å². The first-order valence-electron chi connectivity index (χ1n) is 6.83. The summed E-state index contributed by atoms with van der Waals surface area (Å²) in [4.78, 5) is 16.1. The summed E-state index contributed by atoms with van der Waals surface area (Å²) in [5.74, 6) is -0.993. The molecule has 3 rings (SSSR count). The lowest BCUT2D eigenvalue weighted by atomic mass is 10.1. The number of hydrogen-bond donors (Lipinski definition) is 1. The molecule has 1 amide bonds. The van der Waals surface area contributed by atoms with Gasteiger partial charge < -0.3 is 9.88 Å². The second-order valence-electron chi connectivity index (χ2n) is 4.87. The molecule has 0 saturated heterocycles. The number of carbonyl (C=O) groups is 1. The molecule has 1 aromatic heterocycles. The number of rotatable bonds is 4. The minimum atomic E-state index is -0.533. The Morgan fingerprint density at radius 1 is 1.18 bits per heavy atom. The van der Waals surface area contributed by atoms with E-state index in [1.807, 2.05) is 29.0 Å². The molecule has 0 aliphatic carbocycles. The average molecular weight is 295 g/mol. The quantitative estimate of drug-likeness (QED) is 0.802. The summed E-state index contributed by atoms with van der Waals surface area (Å²) >= 11 is 0. The van der Waals surface area contributed by atoms with Crippen LogP contribution in [0, 0.1) is 5.82 Å². The Hall–Kier alpha value is -2.95. The zero-order chi connectivity index (χ0) is 15.4. The van der Waals surface area contributed by atoms with Crippen LogP contribution in [0.2, 0.25) is 0 Å². The van der Waals surface area contributed by atoms with Crippen molar-refractivity contribution >= 4 is 11.6 Å². The van der Waals surface area contributed by atoms with Gasteiger partial charge in [0.05, 0.1) is 11.9 Å². The van der Waals surface area contributed by atoms with Gasteiger partial charge in [0.15, 0.2) is 0 Å². The van der Waals surface area contributed by atoms with E-state index < -0.39 is 11.7 Å². The fourth-order valence-corrected chi connectivity index (χ4v) is 2.18. The third-order valence-electron chi connectivity index (χ3n) is 3.23. The van der Waals surface area contributed by atoms with Crippen LogP contribution >= 0.6 is 0 Å². The third kappa shape index (κ3) is 3.20. The summed E-state index contributed by atoms with van der Waals surface area (Å²) in [5.41, 5.74) is 1.68. The van der Waals surface area contributed by atoms with Gasteiger partial charge in [0.1, 0.15) is 5.82 Å². The second kappa shape index (κ2) is 6.22. The monoisotopic (exact) mass is 295 g/mol. The highest BCUT2D eigenvalue weighted by atomic mass is 19.1. The summed E-state index contributed by atoms with van der Waals surface area (Å²) in [5, 5.41) is 2.72. The predicted octanol–water partition coefficient (Wildman–Crippen LogP) is 3.32. The van der Waals surface area contributed by atoms with Crippen molar-refractivity contribution in [3.8, 4) is 0 Å². The molecule has 3 aromatic rings. The van der Waals surface area contributed by atoms with E-state index >= 15 is 0 Å². The number of amides is 1. The summed E-state index contributed by atoms with van der Waals surface area (Å²) in [6, 6.07) is 13.4. The fraction of sp³-hybridized carbons (Fsp3) is 0.0588. The van der Waals surface area contributed by atoms with E-state index in [2.05, 4.69) is 10.3 Å². The van der Waals surface area contributed by atoms with E-state index in [-0.39, 0.29) is 5.56 Å². The minimum absolute atomic E-state index is 0.0301. The number of anilines is 1. The highest BCUT2D eigenvalue weighted by molar-refractivity contribution is 6.04. The van der Waals surface area contributed by atoms with Gasteiger partial charge in [-0.15, -0.1) is 0 Å². The third-order valence-corrected chi connectivity index (χ3v) is 3.23. The van der Waals surface area contributed by atoms with Gasteiger partial charge in [-0.3, -0.25) is 4.79 Å². The van der Waals surface area contributed by atoms with Crippen LogP contribution in [0.3, 0.4) is 0 Å². The Morgan fingerprint density at radius 3 is 2.82 bits per heavy atom. The zero-order valence-electron chi connectivity index (χ0n) is 11.7. The highest BCUT2D eigenvalue weighted by Crippen LogP contribution is 2.14. The molecular formula is C17H14FN3O. The molecule has 4 nitrogen and oxygen atoms in total. The number of halogens is 1. The standard InChI is InChI=1S/C17H14FN3O/c18-16-7-2-1-6-15(16)17(22)20-14-5-3-4-13(10-14)11-21-9-8-19-12-21/h1-10,12H,11H2,(H,20,22). The topological polar surface area (TPSA) is 46.9 Å². The summed E-state index contributed by atoms with van der Waals surface area (Å²) in [6.45, 7) is 0.656. The number of imidazole rings is 1. The number of nitrogens with zero attached hydrogens (tertiary/aromatic N) is 2. The van der Waals surface area contributed by atoms with E-state index in [1.165, 1.54) is 12.1 Å². The van der Waals surface area contributed by atoms with Gasteiger partial charge in [0.25, 0.3) is 5.91 Å². The molecule has 0 saturated carbocycles. The normalized spacial score (nSPS) is 10.4. The largest absolute Gasteiger partial charge is 0.333 e. The maximum absolute atomic E-state index is 13.6. The van der Waals surface area contributed by atoms with Crippen molar-refractivity contribution in [2.75, 3.05) is 5.32 Å². The maximum Gasteiger partial charge on any atom is 0.258 e. The molecular weight excluding hydrogens is 281 g/mol. The van der Waals surface area contributed by atoms with Crippen LogP contribution in [0.5, 0.6) is 0 Å². The lowest BCUT2D eigenvalue weighted by Gasteiger charge is -2.08. The van der Waals surface area contributed by atoms with Crippen LogP contribution in [-0.4, -0.2) is 15.5 Å². The van der Waals surface area contributed by atoms with Crippen molar-refractivity contribution in [1.82, 2.24) is 9.55 Å². The van der Waals surface area contributed by atoms with Crippen LogP contribution in [-0.2, 0) is 6.54 Å². The number of benzene rings is 2. The van der Waals surface area contributed by atoms with Gasteiger partial charge in [0.2, 0.25) is 0 Å². The molecule has 0 spiro atoms. The van der Waals surface area contributed by atoms with E-state index in [9.17, 15) is 9.18 Å². The van der Waals surface area contributed by atoms with Crippen LogP contribution in [0.1, 0.15) is 15.9 Å². The molecule has 0 unspecified atom stereocenters. The maximum atomic E-state index is 13.6. The summed E-state index contributed by atoms with van der Waals surface area (Å²) in [7, 11) is 0. The van der Waals surface area contributed by atoms with Crippen LogP contribution < -0.4 is 5.32 Å². The lowest BCUT2D eigenvalue weighted by Crippen LogP contribution is -2.13. The summed E-state index contributed by atoms with van der Waals surface area (Å²) < 4.78 is 15.5. The van der Waals surface area contributed by atoms with Crippen LogP contribution in [0.15, 0.2) is 67.3 Å². The Morgan fingerprint density at radius 2 is 2.05 bits per heavy atom. The van der Waals surface area contributed by atoms with Gasteiger partial charge in [-0.25, -0.2) is 9.37 Å². The van der Waals surface area contributed by atoms with Gasteiger partial charge in [-0.2, -0.15) is 0 Å². The number of nitrogens with one attached hydrogen (secondary N) is 1. The predicted molar refractivity (Wildman–Crippen MR) is 82.1 cm³/mol. The number of carbonyl (C=O) groups excluding carboxylic acids is 1. The number of hydrogen-bond acceptors (Lipinski definition) is 2. The van der Waals surface area contributed by atoms with Crippen molar-refractivity contribution in [2.45, 2.75) is 6.54 Å². The lowest BCUT2D eigenvalue weighted by molar-refractivity contribution is 0.102. The van der Waals surface area contributed by atoms with Crippen molar-refractivity contribution in [1.29, 1.82) is 0 Å². The first-order chi connectivity index (χ1) is 10.7. The molecule has 110 valence electrons. The molecule has 1 heterocycles. The molecule has 0 fully saturated rings. The molecule has 0 radical (unpaired) electrons. The van der Waals surface area contributed by atoms with Gasteiger partial charge >= 0.3 is 0 Å².